The SMILES string of the molecule is c1ccc(Nc2cc(C3CC3)ns2)nc1. The van der Waals surface area contributed by atoms with Gasteiger partial charge in [0.15, 0.2) is 0 Å². The predicted octanol–water partition coefficient (Wildman–Crippen LogP) is 3.16. The second-order valence-corrected chi connectivity index (χ2v) is 4.54. The van der Waals surface area contributed by atoms with Crippen LogP contribution in [-0.4, -0.2) is 9.36 Å². The van der Waals surface area contributed by atoms with Crippen molar-refractivity contribution in [1.29, 1.82) is 0 Å². The Labute approximate surface area is 92.3 Å². The molecule has 3 nitrogen and oxygen atoms in total. The lowest BCUT2D eigenvalue weighted by Crippen LogP contribution is -1.89. The first-order valence-electron chi connectivity index (χ1n) is 5.06. The van der Waals surface area contributed by atoms with E-state index in [4.69, 9.17) is 0 Å². The summed E-state index contributed by atoms with van der Waals surface area (Å²) in [5.74, 6) is 1.60. The fourth-order valence-electron chi connectivity index (χ4n) is 1.48. The minimum atomic E-state index is 0.723. The zero-order valence-electron chi connectivity index (χ0n) is 8.18. The molecule has 15 heavy (non-hydrogen) atoms. The van der Waals surface area contributed by atoms with Gasteiger partial charge in [0.1, 0.15) is 10.8 Å². The highest BCUT2D eigenvalue weighted by Gasteiger charge is 2.26. The van der Waals surface area contributed by atoms with Gasteiger partial charge in [0, 0.05) is 12.1 Å². The van der Waals surface area contributed by atoms with Crippen molar-refractivity contribution in [3.05, 3.63) is 36.2 Å². The second-order valence-electron chi connectivity index (χ2n) is 3.73. The van der Waals surface area contributed by atoms with Crippen LogP contribution in [0.2, 0.25) is 0 Å². The predicted molar refractivity (Wildman–Crippen MR) is 61.6 cm³/mol. The van der Waals surface area contributed by atoms with Crippen molar-refractivity contribution >= 4 is 22.4 Å². The highest BCUT2D eigenvalue weighted by atomic mass is 32.1. The van der Waals surface area contributed by atoms with E-state index >= 15 is 0 Å². The summed E-state index contributed by atoms with van der Waals surface area (Å²) in [7, 11) is 0. The average molecular weight is 217 g/mol. The molecule has 2 heterocycles. The number of pyridine rings is 1. The maximum atomic E-state index is 4.43. The maximum absolute atomic E-state index is 4.43. The first-order valence-corrected chi connectivity index (χ1v) is 5.84. The van der Waals surface area contributed by atoms with Crippen LogP contribution in [0, 0.1) is 0 Å². The first kappa shape index (κ1) is 8.85. The zero-order chi connectivity index (χ0) is 10.1. The Morgan fingerprint density at radius 2 is 2.27 bits per heavy atom. The minimum Gasteiger partial charge on any atom is -0.331 e. The normalized spacial score (nSPS) is 15.2. The molecule has 0 atom stereocenters. The van der Waals surface area contributed by atoms with Gasteiger partial charge in [0.05, 0.1) is 5.69 Å². The van der Waals surface area contributed by atoms with Gasteiger partial charge < -0.3 is 5.32 Å². The quantitative estimate of drug-likeness (QED) is 0.858. The van der Waals surface area contributed by atoms with Crippen molar-refractivity contribution in [2.75, 3.05) is 5.32 Å². The number of nitrogens with one attached hydrogen (secondary N) is 1. The van der Waals surface area contributed by atoms with E-state index in [9.17, 15) is 0 Å². The summed E-state index contributed by atoms with van der Waals surface area (Å²) < 4.78 is 4.43. The van der Waals surface area contributed by atoms with E-state index in [2.05, 4.69) is 20.7 Å². The fraction of sp³-hybridized carbons (Fsp3) is 0.273. The zero-order valence-corrected chi connectivity index (χ0v) is 9.00. The Kier molecular flexibility index (Phi) is 2.14. The van der Waals surface area contributed by atoms with E-state index in [0.29, 0.717) is 0 Å². The number of rotatable bonds is 3. The third kappa shape index (κ3) is 1.99. The minimum absolute atomic E-state index is 0.723. The van der Waals surface area contributed by atoms with Gasteiger partial charge in [-0.05, 0) is 42.6 Å². The molecule has 0 amide bonds. The summed E-state index contributed by atoms with van der Waals surface area (Å²) in [6.45, 7) is 0. The van der Waals surface area contributed by atoms with E-state index in [1.54, 1.807) is 6.20 Å². The van der Waals surface area contributed by atoms with Crippen LogP contribution in [0.3, 0.4) is 0 Å². The number of hydrogen-bond acceptors (Lipinski definition) is 4. The van der Waals surface area contributed by atoms with Crippen LogP contribution in [0.25, 0.3) is 0 Å². The number of hydrogen-bond donors (Lipinski definition) is 1. The molecule has 0 saturated heterocycles. The Balaban J connectivity index is 1.76. The molecule has 0 spiro atoms. The molecule has 0 radical (unpaired) electrons. The fourth-order valence-corrected chi connectivity index (χ4v) is 2.21. The molecule has 0 aromatic carbocycles. The van der Waals surface area contributed by atoms with Gasteiger partial charge in [-0.3, -0.25) is 0 Å². The Morgan fingerprint density at radius 3 is 3.00 bits per heavy atom. The molecule has 0 unspecified atom stereocenters. The van der Waals surface area contributed by atoms with Gasteiger partial charge in [-0.1, -0.05) is 6.07 Å². The number of nitrogens with zero attached hydrogens (tertiary/aromatic N) is 2. The van der Waals surface area contributed by atoms with Crippen molar-refractivity contribution in [3.63, 3.8) is 0 Å². The number of aromatic nitrogens is 2. The Morgan fingerprint density at radius 1 is 1.33 bits per heavy atom. The van der Waals surface area contributed by atoms with Gasteiger partial charge in [-0.25, -0.2) is 4.98 Å². The lowest BCUT2D eigenvalue weighted by Gasteiger charge is -1.99. The number of anilines is 2. The van der Waals surface area contributed by atoms with Crippen molar-refractivity contribution in [2.24, 2.45) is 0 Å². The molecular formula is C11H11N3S. The summed E-state index contributed by atoms with van der Waals surface area (Å²) in [4.78, 5) is 4.21. The third-order valence-electron chi connectivity index (χ3n) is 2.44. The van der Waals surface area contributed by atoms with E-state index in [1.807, 2.05) is 18.2 Å². The monoisotopic (exact) mass is 217 g/mol. The van der Waals surface area contributed by atoms with Crippen LogP contribution in [0.1, 0.15) is 24.5 Å². The van der Waals surface area contributed by atoms with Crippen molar-refractivity contribution in [2.45, 2.75) is 18.8 Å². The molecule has 1 aliphatic carbocycles. The van der Waals surface area contributed by atoms with E-state index in [0.717, 1.165) is 16.7 Å². The molecule has 4 heteroatoms. The summed E-state index contributed by atoms with van der Waals surface area (Å²) in [6, 6.07) is 7.97. The molecule has 0 aliphatic heterocycles. The van der Waals surface area contributed by atoms with Gasteiger partial charge in [-0.15, -0.1) is 0 Å². The summed E-state index contributed by atoms with van der Waals surface area (Å²) in [6.07, 6.45) is 4.38. The lowest BCUT2D eigenvalue weighted by atomic mass is 10.3. The highest BCUT2D eigenvalue weighted by Crippen LogP contribution is 2.41. The molecule has 1 fully saturated rings. The van der Waals surface area contributed by atoms with Crippen molar-refractivity contribution in [1.82, 2.24) is 9.36 Å². The van der Waals surface area contributed by atoms with Crippen LogP contribution in [-0.2, 0) is 0 Å². The topological polar surface area (TPSA) is 37.8 Å². The summed E-state index contributed by atoms with van der Waals surface area (Å²) >= 11 is 1.51. The molecule has 3 rings (SSSR count). The Bertz CT molecular complexity index is 448. The van der Waals surface area contributed by atoms with Crippen molar-refractivity contribution in [3.8, 4) is 0 Å². The van der Waals surface area contributed by atoms with Crippen molar-refractivity contribution < 1.29 is 0 Å². The van der Waals surface area contributed by atoms with Crippen LogP contribution in [0.15, 0.2) is 30.5 Å². The van der Waals surface area contributed by atoms with Crippen LogP contribution in [0.4, 0.5) is 10.8 Å². The molecule has 2 aromatic rings. The Hall–Kier alpha value is -1.42. The average Bonchev–Trinajstić information content (AvgIpc) is 3.02. The summed E-state index contributed by atoms with van der Waals surface area (Å²) in [5, 5.41) is 4.33. The molecule has 0 bridgehead atoms. The first-order chi connectivity index (χ1) is 7.42. The lowest BCUT2D eigenvalue weighted by molar-refractivity contribution is 1.07. The van der Waals surface area contributed by atoms with Gasteiger partial charge in [0.2, 0.25) is 0 Å². The molecule has 1 saturated carbocycles. The molecule has 2 aromatic heterocycles. The highest BCUT2D eigenvalue weighted by molar-refractivity contribution is 7.10. The van der Waals surface area contributed by atoms with Crippen LogP contribution < -0.4 is 5.32 Å². The maximum Gasteiger partial charge on any atom is 0.130 e. The molecule has 76 valence electrons. The smallest absolute Gasteiger partial charge is 0.130 e. The van der Waals surface area contributed by atoms with Crippen LogP contribution in [0.5, 0.6) is 0 Å². The second kappa shape index (κ2) is 3.62. The standard InChI is InChI=1S/C11H11N3S/c1-2-6-12-10(3-1)13-11-7-9(14-15-11)8-4-5-8/h1-3,6-8H,4-5H2,(H,12,13). The van der Waals surface area contributed by atoms with E-state index in [-0.39, 0.29) is 0 Å². The molecule has 1 aliphatic rings. The summed E-state index contributed by atoms with van der Waals surface area (Å²) in [5.41, 5.74) is 1.23. The third-order valence-corrected chi connectivity index (χ3v) is 3.16. The van der Waals surface area contributed by atoms with Gasteiger partial charge in [0.25, 0.3) is 0 Å². The van der Waals surface area contributed by atoms with Gasteiger partial charge in [-0.2, -0.15) is 4.37 Å². The van der Waals surface area contributed by atoms with E-state index in [1.165, 1.54) is 30.1 Å². The molecule has 1 N–H and O–H groups in total. The largest absolute Gasteiger partial charge is 0.331 e. The molecular weight excluding hydrogens is 206 g/mol. The van der Waals surface area contributed by atoms with Gasteiger partial charge >= 0.3 is 0 Å². The van der Waals surface area contributed by atoms with E-state index < -0.39 is 0 Å². The van der Waals surface area contributed by atoms with Crippen LogP contribution >= 0.6 is 11.5 Å².